The number of carbonyl (C=O) groups excluding carboxylic acids is 3. The third-order valence-corrected chi connectivity index (χ3v) is 7.05. The fourth-order valence-corrected chi connectivity index (χ4v) is 5.26. The van der Waals surface area contributed by atoms with Crippen LogP contribution >= 0.6 is 0 Å². The summed E-state index contributed by atoms with van der Waals surface area (Å²) >= 11 is 0. The monoisotopic (exact) mass is 497 g/mol. The highest BCUT2D eigenvalue weighted by atomic mass is 19.1. The van der Waals surface area contributed by atoms with Gasteiger partial charge in [-0.1, -0.05) is 60.2 Å². The Morgan fingerprint density at radius 3 is 2.41 bits per heavy atom. The Kier molecular flexibility index (Phi) is 6.61. The number of allylic oxidation sites excluding steroid dienone is 1. The van der Waals surface area contributed by atoms with Crippen LogP contribution in [0.3, 0.4) is 0 Å². The number of nitrogens with one attached hydrogen (secondary N) is 1. The number of hydrogen-bond acceptors (Lipinski definition) is 5. The van der Waals surface area contributed by atoms with E-state index in [1.54, 1.807) is 42.5 Å². The van der Waals surface area contributed by atoms with E-state index in [0.29, 0.717) is 29.1 Å². The van der Waals surface area contributed by atoms with Gasteiger partial charge in [0.1, 0.15) is 5.82 Å². The number of aliphatic carboxylic acids is 1. The van der Waals surface area contributed by atoms with Crippen molar-refractivity contribution < 1.29 is 23.9 Å². The fraction of sp³-hybridized carbons (Fsp3) is 0.233. The molecule has 3 aromatic rings. The second-order valence-corrected chi connectivity index (χ2v) is 9.53. The molecule has 0 aromatic heterocycles. The molecule has 5 rings (SSSR count). The zero-order chi connectivity index (χ0) is 26.1. The van der Waals surface area contributed by atoms with Crippen LogP contribution in [-0.4, -0.2) is 17.7 Å². The molecule has 188 valence electrons. The van der Waals surface area contributed by atoms with E-state index in [1.807, 2.05) is 31.2 Å². The van der Waals surface area contributed by atoms with Crippen molar-refractivity contribution in [3.8, 4) is 0 Å². The van der Waals surface area contributed by atoms with Crippen molar-refractivity contribution in [2.75, 3.05) is 10.2 Å². The summed E-state index contributed by atoms with van der Waals surface area (Å²) in [6, 6.07) is 20.2. The zero-order valence-electron chi connectivity index (χ0n) is 20.4. The van der Waals surface area contributed by atoms with Crippen LogP contribution < -0.4 is 15.3 Å². The van der Waals surface area contributed by atoms with Gasteiger partial charge in [-0.25, -0.2) is 4.39 Å². The molecule has 37 heavy (non-hydrogen) atoms. The van der Waals surface area contributed by atoms with Crippen LogP contribution in [0.5, 0.6) is 0 Å². The molecule has 2 unspecified atom stereocenters. The summed E-state index contributed by atoms with van der Waals surface area (Å²) in [7, 11) is 0. The van der Waals surface area contributed by atoms with Crippen LogP contribution in [-0.2, 0) is 14.4 Å². The maximum atomic E-state index is 15.3. The van der Waals surface area contributed by atoms with Crippen LogP contribution in [0.15, 0.2) is 84.1 Å². The number of fused-ring (bicyclic) bond motifs is 1. The smallest absolute Gasteiger partial charge is 0.228 e. The average molecular weight is 498 g/mol. The summed E-state index contributed by atoms with van der Waals surface area (Å²) in [4.78, 5) is 39.9. The Morgan fingerprint density at radius 1 is 0.973 bits per heavy atom. The predicted molar refractivity (Wildman–Crippen MR) is 136 cm³/mol. The number of amides is 1. The van der Waals surface area contributed by atoms with Gasteiger partial charge in [-0.3, -0.25) is 14.5 Å². The Bertz CT molecular complexity index is 1410. The van der Waals surface area contributed by atoms with E-state index in [-0.39, 0.29) is 30.1 Å². The van der Waals surface area contributed by atoms with E-state index in [0.717, 1.165) is 11.1 Å². The molecule has 0 saturated heterocycles. The minimum Gasteiger partial charge on any atom is -0.550 e. The average Bonchev–Trinajstić information content (AvgIpc) is 3.02. The van der Waals surface area contributed by atoms with Gasteiger partial charge >= 0.3 is 0 Å². The van der Waals surface area contributed by atoms with Crippen molar-refractivity contribution in [1.82, 2.24) is 0 Å². The molecule has 1 aliphatic heterocycles. The quantitative estimate of drug-likeness (QED) is 0.558. The predicted octanol–water partition coefficient (Wildman–Crippen LogP) is 4.56. The number of carboxylic acids is 1. The molecular weight excluding hydrogens is 471 g/mol. The lowest BCUT2D eigenvalue weighted by atomic mass is 9.78. The first-order valence-corrected chi connectivity index (χ1v) is 12.3. The SMILES string of the molecule is Cc1ccc(C2CC(=O)C3=C(C2)Nc2ccccc2N(C(=O)CCC(=O)[O-])C3c2ccccc2F)cc1. The van der Waals surface area contributed by atoms with Gasteiger partial charge in [-0.15, -0.1) is 0 Å². The van der Waals surface area contributed by atoms with Gasteiger partial charge in [0.15, 0.2) is 5.78 Å². The normalized spacial score (nSPS) is 19.0. The minimum absolute atomic E-state index is 0.0758. The standard InChI is InChI=1S/C30H27FN2O4/c1-18-10-12-19(13-11-18)20-16-24-29(26(34)17-20)30(21-6-2-3-7-22(21)31)33(27(35)14-15-28(36)37)25-9-5-4-8-23(25)32-24/h2-13,20,30,32H,14-17H2,1H3,(H,36,37)/p-1. The van der Waals surface area contributed by atoms with Crippen LogP contribution in [0.1, 0.15) is 54.3 Å². The van der Waals surface area contributed by atoms with Crippen molar-refractivity contribution in [2.45, 2.75) is 44.6 Å². The molecule has 0 radical (unpaired) electrons. The summed E-state index contributed by atoms with van der Waals surface area (Å²) in [5.74, 6) is -2.70. The molecule has 2 atom stereocenters. The van der Waals surface area contributed by atoms with Crippen molar-refractivity contribution in [3.63, 3.8) is 0 Å². The molecule has 7 heteroatoms. The van der Waals surface area contributed by atoms with Gasteiger partial charge in [0.2, 0.25) is 5.91 Å². The lowest BCUT2D eigenvalue weighted by Crippen LogP contribution is -2.39. The third kappa shape index (κ3) is 4.77. The van der Waals surface area contributed by atoms with Gasteiger partial charge in [-0.05, 0) is 49.4 Å². The maximum Gasteiger partial charge on any atom is 0.228 e. The summed E-state index contributed by atoms with van der Waals surface area (Å²) < 4.78 is 15.3. The highest BCUT2D eigenvalue weighted by molar-refractivity contribution is 6.06. The number of ketones is 1. The number of anilines is 2. The zero-order valence-corrected chi connectivity index (χ0v) is 20.4. The molecule has 1 aliphatic carbocycles. The Balaban J connectivity index is 1.69. The number of halogens is 1. The van der Waals surface area contributed by atoms with Crippen molar-refractivity contribution in [3.05, 3.63) is 107 Å². The van der Waals surface area contributed by atoms with E-state index in [9.17, 15) is 19.5 Å². The number of para-hydroxylation sites is 2. The van der Waals surface area contributed by atoms with Gasteiger partial charge < -0.3 is 15.2 Å². The number of nitrogens with zero attached hydrogens (tertiary/aromatic N) is 1. The largest absolute Gasteiger partial charge is 0.550 e. The highest BCUT2D eigenvalue weighted by Gasteiger charge is 2.42. The number of Topliss-reactive ketones (excluding diaryl/α,β-unsaturated/α-hetero) is 1. The van der Waals surface area contributed by atoms with Crippen molar-refractivity contribution in [2.24, 2.45) is 0 Å². The molecule has 0 saturated carbocycles. The summed E-state index contributed by atoms with van der Waals surface area (Å²) in [5.41, 5.74) is 4.34. The van der Waals surface area contributed by atoms with E-state index >= 15 is 4.39 Å². The molecule has 1 amide bonds. The fourth-order valence-electron chi connectivity index (χ4n) is 5.26. The second-order valence-electron chi connectivity index (χ2n) is 9.53. The first-order valence-electron chi connectivity index (χ1n) is 12.3. The molecule has 1 N–H and O–H groups in total. The van der Waals surface area contributed by atoms with Crippen LogP contribution in [0, 0.1) is 12.7 Å². The Labute approximate surface area is 214 Å². The number of aryl methyl sites for hydroxylation is 1. The number of hydrogen-bond donors (Lipinski definition) is 1. The van der Waals surface area contributed by atoms with E-state index in [1.165, 1.54) is 11.0 Å². The lowest BCUT2D eigenvalue weighted by Gasteiger charge is -2.35. The Morgan fingerprint density at radius 2 is 1.68 bits per heavy atom. The summed E-state index contributed by atoms with van der Waals surface area (Å²) in [6.45, 7) is 2.01. The number of carbonyl (C=O) groups is 3. The van der Waals surface area contributed by atoms with E-state index < -0.39 is 30.2 Å². The summed E-state index contributed by atoms with van der Waals surface area (Å²) in [5, 5.41) is 14.5. The van der Waals surface area contributed by atoms with Gasteiger partial charge in [-0.2, -0.15) is 0 Å². The number of carboxylic acid groups (broad SMARTS) is 1. The van der Waals surface area contributed by atoms with Crippen molar-refractivity contribution in [1.29, 1.82) is 0 Å². The molecule has 2 aliphatic rings. The first kappa shape index (κ1) is 24.4. The molecule has 0 bridgehead atoms. The molecule has 3 aromatic carbocycles. The molecule has 1 heterocycles. The minimum atomic E-state index is -1.35. The maximum absolute atomic E-state index is 15.3. The summed E-state index contributed by atoms with van der Waals surface area (Å²) in [6.07, 6.45) is -0.106. The lowest BCUT2D eigenvalue weighted by molar-refractivity contribution is -0.305. The van der Waals surface area contributed by atoms with Gasteiger partial charge in [0, 0.05) is 35.6 Å². The number of benzene rings is 3. The van der Waals surface area contributed by atoms with Crippen LogP contribution in [0.4, 0.5) is 15.8 Å². The number of rotatable bonds is 5. The van der Waals surface area contributed by atoms with Gasteiger partial charge in [0.25, 0.3) is 0 Å². The third-order valence-electron chi connectivity index (χ3n) is 7.05. The molecule has 6 nitrogen and oxygen atoms in total. The molecule has 0 fully saturated rings. The van der Waals surface area contributed by atoms with Gasteiger partial charge in [0.05, 0.1) is 17.4 Å². The van der Waals surface area contributed by atoms with Crippen molar-refractivity contribution >= 4 is 29.0 Å². The topological polar surface area (TPSA) is 89.5 Å². The first-order chi connectivity index (χ1) is 17.8. The van der Waals surface area contributed by atoms with Crippen LogP contribution in [0.25, 0.3) is 0 Å². The molecular formula is C30H26FN2O4-. The second kappa shape index (κ2) is 10.0. The molecule has 0 spiro atoms. The highest BCUT2D eigenvalue weighted by Crippen LogP contribution is 2.48. The van der Waals surface area contributed by atoms with E-state index in [4.69, 9.17) is 0 Å². The Hall–Kier alpha value is -4.26. The van der Waals surface area contributed by atoms with E-state index in [2.05, 4.69) is 5.32 Å². The van der Waals surface area contributed by atoms with Crippen LogP contribution in [0.2, 0.25) is 0 Å².